The summed E-state index contributed by atoms with van der Waals surface area (Å²) in [6, 6.07) is 0. The lowest BCUT2D eigenvalue weighted by molar-refractivity contribution is -0.0409. The molecule has 2 aromatic heterocycles. The number of hydrogen-bond donors (Lipinski definition) is 4. The van der Waals surface area contributed by atoms with E-state index in [1.54, 1.807) is 0 Å². The van der Waals surface area contributed by atoms with Crippen molar-refractivity contribution < 1.29 is 27.8 Å². The normalized spacial score (nSPS) is 26.5. The maximum absolute atomic E-state index is 12.9. The summed E-state index contributed by atoms with van der Waals surface area (Å²) in [5.41, 5.74) is 0.609. The Morgan fingerprint density at radius 2 is 2.08 bits per heavy atom. The zero-order chi connectivity index (χ0) is 18.9. The van der Waals surface area contributed by atoms with E-state index in [4.69, 9.17) is 4.74 Å². The minimum absolute atomic E-state index is 0.0906. The van der Waals surface area contributed by atoms with E-state index in [1.807, 2.05) is 0 Å². The monoisotopic (exact) mass is 390 g/mol. The third-order valence-electron chi connectivity index (χ3n) is 4.10. The van der Waals surface area contributed by atoms with Gasteiger partial charge in [0.15, 0.2) is 23.2 Å². The van der Waals surface area contributed by atoms with Gasteiger partial charge in [0.05, 0.1) is 12.1 Å². The molecule has 1 aliphatic heterocycles. The molecule has 0 amide bonds. The molecule has 4 N–H and O–H groups in total. The number of rotatable bonds is 7. The topological polar surface area (TPSA) is 151 Å². The molecular formula is C13H19FN6O5S. The maximum Gasteiger partial charge on any atom is 0.213 e. The molecule has 4 atom stereocenters. The van der Waals surface area contributed by atoms with Crippen LogP contribution in [0.25, 0.3) is 11.2 Å². The largest absolute Gasteiger partial charge is 0.387 e. The summed E-state index contributed by atoms with van der Waals surface area (Å²) in [7, 11) is -2.05. The van der Waals surface area contributed by atoms with Gasteiger partial charge in [0, 0.05) is 6.54 Å². The molecule has 1 saturated heterocycles. The molecule has 0 spiro atoms. The lowest BCUT2D eigenvalue weighted by atomic mass is 10.1. The fourth-order valence-corrected chi connectivity index (χ4v) is 3.23. The molecule has 0 aliphatic carbocycles. The highest BCUT2D eigenvalue weighted by atomic mass is 32.2. The van der Waals surface area contributed by atoms with E-state index in [2.05, 4.69) is 25.0 Å². The van der Waals surface area contributed by atoms with Crippen molar-refractivity contribution in [3.8, 4) is 0 Å². The summed E-state index contributed by atoms with van der Waals surface area (Å²) >= 11 is 0. The summed E-state index contributed by atoms with van der Waals surface area (Å²) in [6.07, 6.45) is -2.34. The van der Waals surface area contributed by atoms with Crippen LogP contribution in [-0.4, -0.2) is 82.5 Å². The Hall–Kier alpha value is -1.93. The Kier molecular flexibility index (Phi) is 5.34. The third kappa shape index (κ3) is 3.48. The number of sulfonamides is 1. The highest BCUT2D eigenvalue weighted by Gasteiger charge is 2.44. The van der Waals surface area contributed by atoms with Crippen LogP contribution < -0.4 is 10.0 Å². The van der Waals surface area contributed by atoms with Crippen molar-refractivity contribution >= 4 is 27.0 Å². The van der Waals surface area contributed by atoms with E-state index in [-0.39, 0.29) is 17.9 Å². The number of anilines is 1. The highest BCUT2D eigenvalue weighted by Crippen LogP contribution is 2.32. The van der Waals surface area contributed by atoms with Gasteiger partial charge >= 0.3 is 0 Å². The van der Waals surface area contributed by atoms with Crippen LogP contribution in [0.4, 0.5) is 10.2 Å². The van der Waals surface area contributed by atoms with Gasteiger partial charge in [-0.1, -0.05) is 0 Å². The number of nitrogens with one attached hydrogen (secondary N) is 2. The molecular weight excluding hydrogens is 371 g/mol. The Labute approximate surface area is 148 Å². The molecule has 26 heavy (non-hydrogen) atoms. The van der Waals surface area contributed by atoms with E-state index in [0.29, 0.717) is 11.3 Å². The Morgan fingerprint density at radius 3 is 2.73 bits per heavy atom. The van der Waals surface area contributed by atoms with Gasteiger partial charge in [0.25, 0.3) is 0 Å². The van der Waals surface area contributed by atoms with Crippen LogP contribution in [0.2, 0.25) is 0 Å². The lowest BCUT2D eigenvalue weighted by Crippen LogP contribution is -2.32. The summed E-state index contributed by atoms with van der Waals surface area (Å²) in [4.78, 5) is 12.3. The van der Waals surface area contributed by atoms with Gasteiger partial charge in [0.1, 0.15) is 31.3 Å². The van der Waals surface area contributed by atoms with E-state index in [9.17, 15) is 23.0 Å². The van der Waals surface area contributed by atoms with Gasteiger partial charge in [-0.3, -0.25) is 4.57 Å². The van der Waals surface area contributed by atoms with Gasteiger partial charge in [0.2, 0.25) is 10.0 Å². The SMILES string of the molecule is CNS(=O)(=O)CCNc1ncnc2c1ncn2[C@@H]1O[C@H](CF)[C@@H](O)[C@H]1O. The van der Waals surface area contributed by atoms with Crippen LogP contribution in [0.1, 0.15) is 6.23 Å². The number of alkyl halides is 1. The Balaban J connectivity index is 1.83. The molecule has 0 radical (unpaired) electrons. The molecule has 0 unspecified atom stereocenters. The Morgan fingerprint density at radius 1 is 1.31 bits per heavy atom. The number of halogens is 1. The average molecular weight is 390 g/mol. The van der Waals surface area contributed by atoms with Crippen molar-refractivity contribution in [1.29, 1.82) is 0 Å². The standard InChI is InChI=1S/C13H19FN6O5S/c1-15-26(23,24)3-2-16-11-8-12(18-5-17-11)20(6-19-8)13-10(22)9(21)7(4-14)25-13/h5-7,9-10,13,15,21-22H,2-4H2,1H3,(H,16,17,18)/t7-,9-,10-,13-/m1/s1. The summed E-state index contributed by atoms with van der Waals surface area (Å²) in [5, 5.41) is 22.8. The fourth-order valence-electron chi connectivity index (χ4n) is 2.66. The predicted molar refractivity (Wildman–Crippen MR) is 88.6 cm³/mol. The van der Waals surface area contributed by atoms with Gasteiger partial charge in [-0.15, -0.1) is 0 Å². The Bertz CT molecular complexity index is 877. The lowest BCUT2D eigenvalue weighted by Gasteiger charge is -2.16. The molecule has 3 rings (SSSR count). The van der Waals surface area contributed by atoms with Crippen LogP contribution in [0.15, 0.2) is 12.7 Å². The molecule has 0 bridgehead atoms. The van der Waals surface area contributed by atoms with E-state index >= 15 is 0 Å². The molecule has 11 nitrogen and oxygen atoms in total. The average Bonchev–Trinajstić information content (AvgIpc) is 3.17. The first kappa shape index (κ1) is 18.8. The molecule has 1 aliphatic rings. The number of ether oxygens (including phenoxy) is 1. The molecule has 144 valence electrons. The second-order valence-electron chi connectivity index (χ2n) is 5.70. The number of nitrogens with zero attached hydrogens (tertiary/aromatic N) is 4. The van der Waals surface area contributed by atoms with E-state index < -0.39 is 41.2 Å². The van der Waals surface area contributed by atoms with Gasteiger partial charge in [-0.2, -0.15) is 0 Å². The van der Waals surface area contributed by atoms with Crippen LogP contribution in [0.5, 0.6) is 0 Å². The first-order chi connectivity index (χ1) is 12.4. The molecule has 3 heterocycles. The van der Waals surface area contributed by atoms with Crippen LogP contribution in [0.3, 0.4) is 0 Å². The maximum atomic E-state index is 12.9. The molecule has 2 aromatic rings. The van der Waals surface area contributed by atoms with Crippen molar-refractivity contribution in [2.24, 2.45) is 0 Å². The number of hydrogen-bond acceptors (Lipinski definition) is 9. The van der Waals surface area contributed by atoms with Gasteiger partial charge in [-0.25, -0.2) is 32.5 Å². The number of aliphatic hydroxyl groups is 2. The summed E-state index contributed by atoms with van der Waals surface area (Å²) < 4.78 is 44.7. The van der Waals surface area contributed by atoms with E-state index in [0.717, 1.165) is 0 Å². The molecule has 1 fully saturated rings. The van der Waals surface area contributed by atoms with Crippen molar-refractivity contribution in [2.45, 2.75) is 24.5 Å². The van der Waals surface area contributed by atoms with Crippen LogP contribution in [-0.2, 0) is 14.8 Å². The summed E-state index contributed by atoms with van der Waals surface area (Å²) in [6.45, 7) is -0.851. The first-order valence-electron chi connectivity index (χ1n) is 7.78. The third-order valence-corrected chi connectivity index (χ3v) is 5.46. The molecule has 13 heteroatoms. The van der Waals surface area contributed by atoms with Crippen LogP contribution in [0, 0.1) is 0 Å². The quantitative estimate of drug-likeness (QED) is 0.437. The van der Waals surface area contributed by atoms with Gasteiger partial charge in [-0.05, 0) is 7.05 Å². The fraction of sp³-hybridized carbons (Fsp3) is 0.615. The number of aliphatic hydroxyl groups excluding tert-OH is 2. The second kappa shape index (κ2) is 7.36. The van der Waals surface area contributed by atoms with Crippen molar-refractivity contribution in [1.82, 2.24) is 24.2 Å². The zero-order valence-corrected chi connectivity index (χ0v) is 14.6. The number of aromatic nitrogens is 4. The van der Waals surface area contributed by atoms with E-state index in [1.165, 1.54) is 24.3 Å². The number of fused-ring (bicyclic) bond motifs is 1. The van der Waals surface area contributed by atoms with Crippen LogP contribution >= 0.6 is 0 Å². The van der Waals surface area contributed by atoms with Crippen molar-refractivity contribution in [2.75, 3.05) is 31.3 Å². The number of imidazole rings is 1. The second-order valence-corrected chi connectivity index (χ2v) is 7.74. The van der Waals surface area contributed by atoms with Gasteiger partial charge < -0.3 is 20.3 Å². The van der Waals surface area contributed by atoms with Crippen molar-refractivity contribution in [3.63, 3.8) is 0 Å². The predicted octanol–water partition coefficient (Wildman–Crippen LogP) is -1.62. The zero-order valence-electron chi connectivity index (χ0n) is 13.8. The van der Waals surface area contributed by atoms with Crippen molar-refractivity contribution in [3.05, 3.63) is 12.7 Å². The summed E-state index contributed by atoms with van der Waals surface area (Å²) in [5.74, 6) is 0.139. The first-order valence-corrected chi connectivity index (χ1v) is 9.43. The molecule has 0 aromatic carbocycles. The smallest absolute Gasteiger partial charge is 0.213 e. The minimum Gasteiger partial charge on any atom is -0.387 e. The highest BCUT2D eigenvalue weighted by molar-refractivity contribution is 7.89. The molecule has 0 saturated carbocycles. The minimum atomic E-state index is -3.37.